The van der Waals surface area contributed by atoms with E-state index in [1.54, 1.807) is 0 Å². The van der Waals surface area contributed by atoms with Gasteiger partial charge in [0, 0.05) is 0 Å². The van der Waals surface area contributed by atoms with E-state index < -0.39 is 0 Å². The van der Waals surface area contributed by atoms with Crippen LogP contribution < -0.4 is 4.74 Å². The van der Waals surface area contributed by atoms with Gasteiger partial charge in [-0.15, -0.1) is 0 Å². The van der Waals surface area contributed by atoms with Crippen LogP contribution in [0.4, 0.5) is 0 Å². The zero-order valence-electron chi connectivity index (χ0n) is 15.7. The van der Waals surface area contributed by atoms with Crippen molar-refractivity contribution in [2.45, 2.75) is 6.61 Å². The van der Waals surface area contributed by atoms with Crippen LogP contribution >= 0.6 is 15.9 Å². The highest BCUT2D eigenvalue weighted by atomic mass is 79.9. The van der Waals surface area contributed by atoms with Gasteiger partial charge in [-0.1, -0.05) is 78.9 Å². The van der Waals surface area contributed by atoms with E-state index in [-0.39, 0.29) is 0 Å². The number of fused-ring (bicyclic) bond motifs is 1. The Morgan fingerprint density at radius 3 is 2.45 bits per heavy atom. The SMILES string of the molecule is N#C/C(=C/c1ccc(OCc2cccc3ccccc23)c(Br)c1)c1ccccc1. The smallest absolute Gasteiger partial charge is 0.134 e. The van der Waals surface area contributed by atoms with Crippen LogP contribution in [0, 0.1) is 11.3 Å². The van der Waals surface area contributed by atoms with E-state index in [2.05, 4.69) is 52.3 Å². The second-order valence-corrected chi connectivity index (χ2v) is 7.51. The maximum Gasteiger partial charge on any atom is 0.134 e. The van der Waals surface area contributed by atoms with E-state index in [9.17, 15) is 5.26 Å². The van der Waals surface area contributed by atoms with Crippen molar-refractivity contribution in [3.05, 3.63) is 112 Å². The maximum absolute atomic E-state index is 9.51. The maximum atomic E-state index is 9.51. The number of allylic oxidation sites excluding steroid dienone is 1. The molecule has 3 heteroatoms. The van der Waals surface area contributed by atoms with Crippen molar-refractivity contribution in [3.63, 3.8) is 0 Å². The summed E-state index contributed by atoms with van der Waals surface area (Å²) in [6, 6.07) is 32.4. The van der Waals surface area contributed by atoms with E-state index in [0.29, 0.717) is 12.2 Å². The first-order valence-electron chi connectivity index (χ1n) is 9.31. The molecule has 4 aromatic rings. The summed E-state index contributed by atoms with van der Waals surface area (Å²) >= 11 is 3.60. The van der Waals surface area contributed by atoms with Crippen LogP contribution in [0.5, 0.6) is 5.75 Å². The third kappa shape index (κ3) is 4.39. The number of rotatable bonds is 5. The average Bonchev–Trinajstić information content (AvgIpc) is 2.77. The molecule has 0 amide bonds. The van der Waals surface area contributed by atoms with Crippen LogP contribution in [-0.2, 0) is 6.61 Å². The van der Waals surface area contributed by atoms with Gasteiger partial charge in [-0.2, -0.15) is 5.26 Å². The Kier molecular flexibility index (Phi) is 5.74. The quantitative estimate of drug-likeness (QED) is 0.242. The fourth-order valence-electron chi connectivity index (χ4n) is 3.26. The average molecular weight is 440 g/mol. The molecule has 0 fully saturated rings. The van der Waals surface area contributed by atoms with Crippen LogP contribution in [0.3, 0.4) is 0 Å². The molecule has 0 aliphatic carbocycles. The Bertz CT molecular complexity index is 1220. The van der Waals surface area contributed by atoms with Gasteiger partial charge in [-0.25, -0.2) is 0 Å². The zero-order valence-corrected chi connectivity index (χ0v) is 17.3. The fraction of sp³-hybridized carbons (Fsp3) is 0.0385. The van der Waals surface area contributed by atoms with Crippen LogP contribution in [0.15, 0.2) is 95.5 Å². The van der Waals surface area contributed by atoms with Gasteiger partial charge >= 0.3 is 0 Å². The highest BCUT2D eigenvalue weighted by Gasteiger charge is 2.06. The minimum Gasteiger partial charge on any atom is -0.488 e. The second kappa shape index (κ2) is 8.77. The van der Waals surface area contributed by atoms with Crippen molar-refractivity contribution in [1.29, 1.82) is 5.26 Å². The molecule has 0 aromatic heterocycles. The van der Waals surface area contributed by atoms with E-state index in [1.807, 2.05) is 66.7 Å². The van der Waals surface area contributed by atoms with Gasteiger partial charge in [-0.3, -0.25) is 0 Å². The second-order valence-electron chi connectivity index (χ2n) is 6.65. The lowest BCUT2D eigenvalue weighted by Gasteiger charge is -2.11. The van der Waals surface area contributed by atoms with Crippen molar-refractivity contribution >= 4 is 38.4 Å². The molecule has 0 bridgehead atoms. The van der Waals surface area contributed by atoms with Gasteiger partial charge in [0.2, 0.25) is 0 Å². The molecule has 0 aliphatic heterocycles. The lowest BCUT2D eigenvalue weighted by atomic mass is 10.0. The van der Waals surface area contributed by atoms with Crippen LogP contribution in [0.25, 0.3) is 22.4 Å². The van der Waals surface area contributed by atoms with Crippen LogP contribution in [0.2, 0.25) is 0 Å². The van der Waals surface area contributed by atoms with Gasteiger partial charge in [0.15, 0.2) is 0 Å². The third-order valence-electron chi connectivity index (χ3n) is 4.74. The normalized spacial score (nSPS) is 11.2. The van der Waals surface area contributed by atoms with Gasteiger partial charge in [0.1, 0.15) is 12.4 Å². The fourth-order valence-corrected chi connectivity index (χ4v) is 3.77. The highest BCUT2D eigenvalue weighted by molar-refractivity contribution is 9.10. The monoisotopic (exact) mass is 439 g/mol. The van der Waals surface area contributed by atoms with Gasteiger partial charge in [0.05, 0.1) is 16.1 Å². The van der Waals surface area contributed by atoms with Crippen molar-refractivity contribution in [1.82, 2.24) is 0 Å². The molecule has 0 saturated heterocycles. The van der Waals surface area contributed by atoms with Crippen molar-refractivity contribution in [2.24, 2.45) is 0 Å². The summed E-state index contributed by atoms with van der Waals surface area (Å²) in [6.07, 6.45) is 1.88. The largest absolute Gasteiger partial charge is 0.488 e. The number of hydrogen-bond acceptors (Lipinski definition) is 2. The van der Waals surface area contributed by atoms with Crippen LogP contribution in [-0.4, -0.2) is 0 Å². The molecule has 0 spiro atoms. The molecule has 2 nitrogen and oxygen atoms in total. The predicted octanol–water partition coefficient (Wildman–Crippen LogP) is 7.25. The van der Waals surface area contributed by atoms with Gasteiger partial charge in [-0.05, 0) is 61.6 Å². The Labute approximate surface area is 178 Å². The van der Waals surface area contributed by atoms with Gasteiger partial charge < -0.3 is 4.74 Å². The molecule has 0 N–H and O–H groups in total. The number of benzene rings is 4. The molecule has 0 saturated carbocycles. The van der Waals surface area contributed by atoms with Crippen molar-refractivity contribution in [3.8, 4) is 11.8 Å². The summed E-state index contributed by atoms with van der Waals surface area (Å²) < 4.78 is 6.93. The van der Waals surface area contributed by atoms with E-state index in [4.69, 9.17) is 4.74 Å². The molecular formula is C26H18BrNO. The Morgan fingerprint density at radius 1 is 0.897 bits per heavy atom. The molecule has 4 aromatic carbocycles. The van der Waals surface area contributed by atoms with E-state index in [0.717, 1.165) is 26.9 Å². The lowest BCUT2D eigenvalue weighted by Crippen LogP contribution is -1.97. The standard InChI is InChI=1S/C26H18BrNO/c27-25-16-19(15-23(17-28)20-7-2-1-3-8-20)13-14-26(25)29-18-22-11-6-10-21-9-4-5-12-24(21)22/h1-16H,18H2/b23-15-. The topological polar surface area (TPSA) is 33.0 Å². The summed E-state index contributed by atoms with van der Waals surface area (Å²) in [6.45, 7) is 0.489. The minimum absolute atomic E-state index is 0.489. The molecule has 0 unspecified atom stereocenters. The molecule has 4 rings (SSSR count). The number of nitriles is 1. The minimum atomic E-state index is 0.489. The Balaban J connectivity index is 1.55. The van der Waals surface area contributed by atoms with E-state index in [1.165, 1.54) is 10.8 Å². The number of hydrogen-bond donors (Lipinski definition) is 0. The Hall–Kier alpha value is -3.35. The summed E-state index contributed by atoms with van der Waals surface area (Å²) in [5.41, 5.74) is 3.62. The van der Waals surface area contributed by atoms with Gasteiger partial charge in [0.25, 0.3) is 0 Å². The van der Waals surface area contributed by atoms with Crippen molar-refractivity contribution in [2.75, 3.05) is 0 Å². The first-order valence-corrected chi connectivity index (χ1v) is 10.1. The summed E-state index contributed by atoms with van der Waals surface area (Å²) in [5, 5.41) is 11.9. The first-order chi connectivity index (χ1) is 14.2. The number of halogens is 1. The molecule has 0 aliphatic rings. The Morgan fingerprint density at radius 2 is 1.66 bits per heavy atom. The van der Waals surface area contributed by atoms with Crippen LogP contribution in [0.1, 0.15) is 16.7 Å². The first kappa shape index (κ1) is 19.0. The van der Waals surface area contributed by atoms with Crippen molar-refractivity contribution < 1.29 is 4.74 Å². The molecule has 0 radical (unpaired) electrons. The third-order valence-corrected chi connectivity index (χ3v) is 5.36. The molecule has 29 heavy (non-hydrogen) atoms. The molecular weight excluding hydrogens is 422 g/mol. The lowest BCUT2D eigenvalue weighted by molar-refractivity contribution is 0.305. The summed E-state index contributed by atoms with van der Waals surface area (Å²) in [7, 11) is 0. The molecule has 140 valence electrons. The highest BCUT2D eigenvalue weighted by Crippen LogP contribution is 2.29. The molecule has 0 atom stereocenters. The zero-order chi connectivity index (χ0) is 20.1. The predicted molar refractivity (Wildman–Crippen MR) is 122 cm³/mol. The molecule has 0 heterocycles. The van der Waals surface area contributed by atoms with E-state index >= 15 is 0 Å². The summed E-state index contributed by atoms with van der Waals surface area (Å²) in [4.78, 5) is 0. The summed E-state index contributed by atoms with van der Waals surface area (Å²) in [5.74, 6) is 0.772. The number of nitrogens with zero attached hydrogens (tertiary/aromatic N) is 1. The number of ether oxygens (including phenoxy) is 1.